The van der Waals surface area contributed by atoms with Gasteiger partial charge in [0.05, 0.1) is 0 Å². The lowest BCUT2D eigenvalue weighted by Gasteiger charge is -2.36. The number of amides is 1. The van der Waals surface area contributed by atoms with E-state index in [-0.39, 0.29) is 5.91 Å². The SMILES string of the molecule is Cc1ccc(N2CCN(C(=O)c3cccc(Br)c3)CC2)cc1. The minimum atomic E-state index is 0.116. The fraction of sp³-hybridized carbons (Fsp3) is 0.278. The maximum absolute atomic E-state index is 12.5. The highest BCUT2D eigenvalue weighted by atomic mass is 79.9. The lowest BCUT2D eigenvalue weighted by molar-refractivity contribution is 0.0746. The van der Waals surface area contributed by atoms with E-state index in [1.807, 2.05) is 29.2 Å². The highest BCUT2D eigenvalue weighted by Crippen LogP contribution is 2.19. The van der Waals surface area contributed by atoms with Gasteiger partial charge in [0.1, 0.15) is 0 Å². The summed E-state index contributed by atoms with van der Waals surface area (Å²) >= 11 is 3.42. The van der Waals surface area contributed by atoms with Gasteiger partial charge in [-0.2, -0.15) is 0 Å². The third kappa shape index (κ3) is 3.33. The molecule has 4 heteroatoms. The van der Waals surface area contributed by atoms with Crippen molar-refractivity contribution in [3.8, 4) is 0 Å². The molecular weight excluding hydrogens is 340 g/mol. The number of carbonyl (C=O) groups excluding carboxylic acids is 1. The molecule has 0 aromatic heterocycles. The predicted molar refractivity (Wildman–Crippen MR) is 93.4 cm³/mol. The van der Waals surface area contributed by atoms with Crippen molar-refractivity contribution in [3.63, 3.8) is 0 Å². The van der Waals surface area contributed by atoms with Gasteiger partial charge >= 0.3 is 0 Å². The molecular formula is C18H19BrN2O. The number of benzene rings is 2. The van der Waals surface area contributed by atoms with Gasteiger partial charge in [-0.25, -0.2) is 0 Å². The van der Waals surface area contributed by atoms with Crippen LogP contribution < -0.4 is 4.90 Å². The van der Waals surface area contributed by atoms with Crippen molar-refractivity contribution in [2.45, 2.75) is 6.92 Å². The summed E-state index contributed by atoms with van der Waals surface area (Å²) < 4.78 is 0.941. The van der Waals surface area contributed by atoms with Crippen molar-refractivity contribution >= 4 is 27.5 Å². The number of hydrogen-bond acceptors (Lipinski definition) is 2. The Kier molecular flexibility index (Phi) is 4.48. The van der Waals surface area contributed by atoms with Crippen molar-refractivity contribution in [1.29, 1.82) is 0 Å². The number of anilines is 1. The molecule has 0 saturated carbocycles. The molecule has 114 valence electrons. The highest BCUT2D eigenvalue weighted by molar-refractivity contribution is 9.10. The summed E-state index contributed by atoms with van der Waals surface area (Å²) in [5, 5.41) is 0. The van der Waals surface area contributed by atoms with Crippen LogP contribution in [0.1, 0.15) is 15.9 Å². The van der Waals surface area contributed by atoms with Crippen LogP contribution in [-0.4, -0.2) is 37.0 Å². The summed E-state index contributed by atoms with van der Waals surface area (Å²) in [6, 6.07) is 16.2. The van der Waals surface area contributed by atoms with E-state index in [0.717, 1.165) is 36.2 Å². The zero-order valence-electron chi connectivity index (χ0n) is 12.6. The van der Waals surface area contributed by atoms with Crippen LogP contribution in [0, 0.1) is 6.92 Å². The van der Waals surface area contributed by atoms with Crippen LogP contribution in [0.4, 0.5) is 5.69 Å². The number of hydrogen-bond donors (Lipinski definition) is 0. The molecule has 1 aliphatic rings. The van der Waals surface area contributed by atoms with Crippen molar-refractivity contribution in [2.24, 2.45) is 0 Å². The van der Waals surface area contributed by atoms with E-state index >= 15 is 0 Å². The Morgan fingerprint density at radius 3 is 2.32 bits per heavy atom. The maximum Gasteiger partial charge on any atom is 0.254 e. The zero-order chi connectivity index (χ0) is 15.5. The Balaban J connectivity index is 1.64. The van der Waals surface area contributed by atoms with Gasteiger partial charge in [-0.05, 0) is 37.3 Å². The Bertz CT molecular complexity index is 661. The Morgan fingerprint density at radius 2 is 1.68 bits per heavy atom. The van der Waals surface area contributed by atoms with Gasteiger partial charge in [0.2, 0.25) is 0 Å². The molecule has 3 rings (SSSR count). The average molecular weight is 359 g/mol. The summed E-state index contributed by atoms with van der Waals surface area (Å²) in [6.45, 7) is 5.38. The number of aryl methyl sites for hydroxylation is 1. The van der Waals surface area contributed by atoms with Crippen LogP contribution >= 0.6 is 15.9 Å². The molecule has 0 aliphatic carbocycles. The first-order valence-electron chi connectivity index (χ1n) is 7.50. The molecule has 1 amide bonds. The summed E-state index contributed by atoms with van der Waals surface area (Å²) in [4.78, 5) is 16.8. The van der Waals surface area contributed by atoms with Crippen LogP contribution in [0.3, 0.4) is 0 Å². The second-order valence-electron chi connectivity index (χ2n) is 5.63. The van der Waals surface area contributed by atoms with E-state index in [1.165, 1.54) is 11.3 Å². The molecule has 2 aromatic carbocycles. The summed E-state index contributed by atoms with van der Waals surface area (Å²) in [5.74, 6) is 0.116. The van der Waals surface area contributed by atoms with Gasteiger partial charge in [-0.15, -0.1) is 0 Å². The van der Waals surface area contributed by atoms with Crippen molar-refractivity contribution in [3.05, 3.63) is 64.1 Å². The molecule has 3 nitrogen and oxygen atoms in total. The van der Waals surface area contributed by atoms with E-state index in [9.17, 15) is 4.79 Å². The van der Waals surface area contributed by atoms with E-state index in [2.05, 4.69) is 52.0 Å². The lowest BCUT2D eigenvalue weighted by Crippen LogP contribution is -2.48. The fourth-order valence-electron chi connectivity index (χ4n) is 2.73. The number of halogens is 1. The van der Waals surface area contributed by atoms with Crippen LogP contribution in [-0.2, 0) is 0 Å². The van der Waals surface area contributed by atoms with Gasteiger partial charge in [0.15, 0.2) is 0 Å². The Labute approximate surface area is 139 Å². The summed E-state index contributed by atoms with van der Waals surface area (Å²) in [7, 11) is 0. The smallest absolute Gasteiger partial charge is 0.254 e. The largest absolute Gasteiger partial charge is 0.368 e. The number of nitrogens with zero attached hydrogens (tertiary/aromatic N) is 2. The molecule has 0 bridgehead atoms. The van der Waals surface area contributed by atoms with Gasteiger partial charge in [0.25, 0.3) is 5.91 Å². The van der Waals surface area contributed by atoms with E-state index in [4.69, 9.17) is 0 Å². The minimum Gasteiger partial charge on any atom is -0.368 e. The monoisotopic (exact) mass is 358 g/mol. The molecule has 0 spiro atoms. The molecule has 2 aromatic rings. The van der Waals surface area contributed by atoms with Crippen LogP contribution in [0.5, 0.6) is 0 Å². The van der Waals surface area contributed by atoms with Gasteiger partial charge in [0, 0.05) is 41.9 Å². The molecule has 0 N–H and O–H groups in total. The summed E-state index contributed by atoms with van der Waals surface area (Å²) in [5.41, 5.74) is 3.26. The van der Waals surface area contributed by atoms with E-state index in [0.29, 0.717) is 0 Å². The molecule has 1 saturated heterocycles. The quantitative estimate of drug-likeness (QED) is 0.816. The molecule has 1 aliphatic heterocycles. The fourth-order valence-corrected chi connectivity index (χ4v) is 3.13. The average Bonchev–Trinajstić information content (AvgIpc) is 2.55. The molecule has 0 radical (unpaired) electrons. The molecule has 1 fully saturated rings. The third-order valence-corrected chi connectivity index (χ3v) is 4.53. The maximum atomic E-state index is 12.5. The first kappa shape index (κ1) is 15.1. The molecule has 0 unspecified atom stereocenters. The second kappa shape index (κ2) is 6.53. The van der Waals surface area contributed by atoms with Crippen molar-refractivity contribution in [1.82, 2.24) is 4.90 Å². The van der Waals surface area contributed by atoms with Crippen LogP contribution in [0.15, 0.2) is 53.0 Å². The van der Waals surface area contributed by atoms with E-state index < -0.39 is 0 Å². The highest BCUT2D eigenvalue weighted by Gasteiger charge is 2.22. The molecule has 22 heavy (non-hydrogen) atoms. The molecule has 1 heterocycles. The second-order valence-corrected chi connectivity index (χ2v) is 6.54. The lowest BCUT2D eigenvalue weighted by atomic mass is 10.1. The first-order valence-corrected chi connectivity index (χ1v) is 8.29. The molecule has 0 atom stereocenters. The number of piperazine rings is 1. The number of carbonyl (C=O) groups is 1. The topological polar surface area (TPSA) is 23.6 Å². The van der Waals surface area contributed by atoms with Crippen molar-refractivity contribution in [2.75, 3.05) is 31.1 Å². The van der Waals surface area contributed by atoms with Gasteiger partial charge in [-0.3, -0.25) is 4.79 Å². The van der Waals surface area contributed by atoms with E-state index in [1.54, 1.807) is 0 Å². The zero-order valence-corrected chi connectivity index (χ0v) is 14.2. The minimum absolute atomic E-state index is 0.116. The third-order valence-electron chi connectivity index (χ3n) is 4.04. The normalized spacial score (nSPS) is 15.0. The predicted octanol–water partition coefficient (Wildman–Crippen LogP) is 3.72. The van der Waals surface area contributed by atoms with Gasteiger partial charge in [-0.1, -0.05) is 39.7 Å². The first-order chi connectivity index (χ1) is 10.6. The summed E-state index contributed by atoms with van der Waals surface area (Å²) in [6.07, 6.45) is 0. The van der Waals surface area contributed by atoms with Gasteiger partial charge < -0.3 is 9.80 Å². The number of rotatable bonds is 2. The Hall–Kier alpha value is -1.81. The van der Waals surface area contributed by atoms with Crippen LogP contribution in [0.2, 0.25) is 0 Å². The van der Waals surface area contributed by atoms with Crippen molar-refractivity contribution < 1.29 is 4.79 Å². The van der Waals surface area contributed by atoms with Crippen LogP contribution in [0.25, 0.3) is 0 Å². The Morgan fingerprint density at radius 1 is 1.00 bits per heavy atom. The standard InChI is InChI=1S/C18H19BrN2O/c1-14-5-7-17(8-6-14)20-9-11-21(12-10-20)18(22)15-3-2-4-16(19)13-15/h2-8,13H,9-12H2,1H3.